The summed E-state index contributed by atoms with van der Waals surface area (Å²) in [6, 6.07) is 9.21. The average molecular weight is 506 g/mol. The van der Waals surface area contributed by atoms with E-state index >= 15 is 0 Å². The van der Waals surface area contributed by atoms with Crippen LogP contribution in [0.25, 0.3) is 10.8 Å². The summed E-state index contributed by atoms with van der Waals surface area (Å²) in [6.07, 6.45) is 1.83. The lowest BCUT2D eigenvalue weighted by Crippen LogP contribution is -2.46. The van der Waals surface area contributed by atoms with Gasteiger partial charge >= 0.3 is 12.1 Å². The number of carbonyl (C=O) groups is 2. The molecule has 186 valence electrons. The molecular formula is C24H26ClF2N5O3. The highest BCUT2D eigenvalue weighted by atomic mass is 35.5. The van der Waals surface area contributed by atoms with Gasteiger partial charge in [0.15, 0.2) is 0 Å². The molecule has 1 heterocycles. The SMILES string of the molecule is CN(C(=O)NCc1cccc(F)c1Cl)C(CCCN)COC(=O)Nc1cc2cc(F)ccc2cn1. The number of benzene rings is 2. The minimum atomic E-state index is -0.772. The number of halogens is 3. The van der Waals surface area contributed by atoms with Crippen LogP contribution in [0.2, 0.25) is 5.02 Å². The molecule has 0 fully saturated rings. The lowest BCUT2D eigenvalue weighted by Gasteiger charge is -2.28. The van der Waals surface area contributed by atoms with Crippen molar-refractivity contribution in [1.82, 2.24) is 15.2 Å². The lowest BCUT2D eigenvalue weighted by molar-refractivity contribution is 0.113. The molecule has 0 saturated carbocycles. The number of anilines is 1. The minimum Gasteiger partial charge on any atom is -0.447 e. The van der Waals surface area contributed by atoms with Crippen molar-refractivity contribution < 1.29 is 23.1 Å². The summed E-state index contributed by atoms with van der Waals surface area (Å²) in [4.78, 5) is 30.5. The van der Waals surface area contributed by atoms with Gasteiger partial charge in [0.1, 0.15) is 24.1 Å². The highest BCUT2D eigenvalue weighted by Crippen LogP contribution is 2.20. The van der Waals surface area contributed by atoms with Crippen LogP contribution in [-0.4, -0.2) is 48.2 Å². The third kappa shape index (κ3) is 7.24. The first kappa shape index (κ1) is 26.1. The highest BCUT2D eigenvalue weighted by molar-refractivity contribution is 6.31. The van der Waals surface area contributed by atoms with Crippen LogP contribution in [0.15, 0.2) is 48.7 Å². The largest absolute Gasteiger partial charge is 0.447 e. The number of nitrogens with zero attached hydrogens (tertiary/aromatic N) is 2. The van der Waals surface area contributed by atoms with Crippen molar-refractivity contribution in [3.05, 3.63) is 70.9 Å². The Kier molecular flexibility index (Phi) is 9.16. The van der Waals surface area contributed by atoms with Gasteiger partial charge in [0.25, 0.3) is 0 Å². The molecule has 3 rings (SSSR count). The van der Waals surface area contributed by atoms with Gasteiger partial charge in [-0.3, -0.25) is 5.32 Å². The van der Waals surface area contributed by atoms with Gasteiger partial charge in [0.05, 0.1) is 11.1 Å². The molecule has 0 aliphatic rings. The van der Waals surface area contributed by atoms with Gasteiger partial charge in [-0.25, -0.2) is 23.4 Å². The monoisotopic (exact) mass is 505 g/mol. The van der Waals surface area contributed by atoms with Crippen LogP contribution in [0.1, 0.15) is 18.4 Å². The second-order valence-corrected chi connectivity index (χ2v) is 8.23. The summed E-state index contributed by atoms with van der Waals surface area (Å²) in [5.41, 5.74) is 6.04. The van der Waals surface area contributed by atoms with E-state index in [0.717, 1.165) is 5.39 Å². The van der Waals surface area contributed by atoms with E-state index in [1.54, 1.807) is 19.2 Å². The fraction of sp³-hybridized carbons (Fsp3) is 0.292. The Morgan fingerprint density at radius 3 is 2.77 bits per heavy atom. The second kappa shape index (κ2) is 12.3. The third-order valence-electron chi connectivity index (χ3n) is 5.39. The summed E-state index contributed by atoms with van der Waals surface area (Å²) >= 11 is 5.94. The number of hydrogen-bond donors (Lipinski definition) is 3. The van der Waals surface area contributed by atoms with Gasteiger partial charge in [-0.05, 0) is 60.7 Å². The van der Waals surface area contributed by atoms with Crippen LogP contribution in [0.3, 0.4) is 0 Å². The zero-order chi connectivity index (χ0) is 25.4. The molecule has 11 heteroatoms. The molecule has 2 aromatic carbocycles. The Hall–Kier alpha value is -3.50. The smallest absolute Gasteiger partial charge is 0.412 e. The standard InChI is InChI=1S/C24H26ClF2N5O3/c1-32(23(33)30-13-16-4-2-6-20(27)22(16)25)19(5-3-9-28)14-35-24(34)31-21-11-17-10-18(26)8-7-15(17)12-29-21/h2,4,6-8,10-12,19H,3,5,9,13-14,28H2,1H3,(H,30,33)(H,29,31,34). The van der Waals surface area contributed by atoms with E-state index in [1.807, 2.05) is 0 Å². The molecule has 4 N–H and O–H groups in total. The van der Waals surface area contributed by atoms with Crippen molar-refractivity contribution in [2.24, 2.45) is 5.73 Å². The summed E-state index contributed by atoms with van der Waals surface area (Å²) in [6.45, 7) is 0.326. The number of fused-ring (bicyclic) bond motifs is 1. The Balaban J connectivity index is 1.57. The molecule has 3 amide bonds. The van der Waals surface area contributed by atoms with E-state index in [0.29, 0.717) is 30.3 Å². The van der Waals surface area contributed by atoms with Crippen LogP contribution in [0.5, 0.6) is 0 Å². The van der Waals surface area contributed by atoms with Crippen molar-refractivity contribution >= 4 is 40.3 Å². The van der Waals surface area contributed by atoms with Crippen molar-refractivity contribution in [3.8, 4) is 0 Å². The molecule has 1 unspecified atom stereocenters. The number of likely N-dealkylation sites (N-methyl/N-ethyl adjacent to an activating group) is 1. The number of ether oxygens (including phenoxy) is 1. The molecule has 1 aromatic heterocycles. The number of hydrogen-bond acceptors (Lipinski definition) is 5. The van der Waals surface area contributed by atoms with Crippen LogP contribution in [-0.2, 0) is 11.3 Å². The van der Waals surface area contributed by atoms with Crippen molar-refractivity contribution in [2.75, 3.05) is 25.5 Å². The fourth-order valence-electron chi connectivity index (χ4n) is 3.38. The average Bonchev–Trinajstić information content (AvgIpc) is 2.84. The number of nitrogens with one attached hydrogen (secondary N) is 2. The summed E-state index contributed by atoms with van der Waals surface area (Å²) in [7, 11) is 1.56. The predicted octanol–water partition coefficient (Wildman–Crippen LogP) is 4.66. The van der Waals surface area contributed by atoms with E-state index < -0.39 is 29.8 Å². The van der Waals surface area contributed by atoms with E-state index in [2.05, 4.69) is 15.6 Å². The second-order valence-electron chi connectivity index (χ2n) is 7.85. The highest BCUT2D eigenvalue weighted by Gasteiger charge is 2.22. The van der Waals surface area contributed by atoms with Crippen molar-refractivity contribution in [1.29, 1.82) is 0 Å². The van der Waals surface area contributed by atoms with Gasteiger partial charge in [0.2, 0.25) is 0 Å². The van der Waals surface area contributed by atoms with Crippen molar-refractivity contribution in [2.45, 2.75) is 25.4 Å². The van der Waals surface area contributed by atoms with E-state index in [9.17, 15) is 18.4 Å². The first-order valence-electron chi connectivity index (χ1n) is 10.9. The molecule has 35 heavy (non-hydrogen) atoms. The topological polar surface area (TPSA) is 110 Å². The zero-order valence-electron chi connectivity index (χ0n) is 19.1. The number of carbonyl (C=O) groups excluding carboxylic acids is 2. The quantitative estimate of drug-likeness (QED) is 0.391. The van der Waals surface area contributed by atoms with Gasteiger partial charge < -0.3 is 20.7 Å². The minimum absolute atomic E-state index is 0.0267. The van der Waals surface area contributed by atoms with Gasteiger partial charge in [-0.2, -0.15) is 0 Å². The maximum Gasteiger partial charge on any atom is 0.412 e. The number of pyridine rings is 1. The van der Waals surface area contributed by atoms with Crippen LogP contribution >= 0.6 is 11.6 Å². The molecule has 1 atom stereocenters. The Labute approximate surface area is 206 Å². The normalized spacial score (nSPS) is 11.7. The summed E-state index contributed by atoms with van der Waals surface area (Å²) < 4.78 is 32.4. The third-order valence-corrected chi connectivity index (χ3v) is 5.82. The Morgan fingerprint density at radius 2 is 2.00 bits per heavy atom. The van der Waals surface area contributed by atoms with Crippen LogP contribution < -0.4 is 16.4 Å². The number of aromatic nitrogens is 1. The molecular weight excluding hydrogens is 480 g/mol. The molecule has 0 aliphatic carbocycles. The van der Waals surface area contributed by atoms with Crippen LogP contribution in [0, 0.1) is 11.6 Å². The molecule has 0 aliphatic heterocycles. The maximum atomic E-state index is 13.6. The molecule has 0 bridgehead atoms. The molecule has 8 nitrogen and oxygen atoms in total. The predicted molar refractivity (Wildman–Crippen MR) is 130 cm³/mol. The number of amides is 3. The van der Waals surface area contributed by atoms with Gasteiger partial charge in [0, 0.05) is 25.2 Å². The Morgan fingerprint density at radius 1 is 1.20 bits per heavy atom. The molecule has 0 spiro atoms. The number of rotatable bonds is 9. The summed E-state index contributed by atoms with van der Waals surface area (Å²) in [5.74, 6) is -0.774. The first-order chi connectivity index (χ1) is 16.8. The van der Waals surface area contributed by atoms with E-state index in [-0.39, 0.29) is 24.0 Å². The maximum absolute atomic E-state index is 13.6. The molecule has 3 aromatic rings. The number of urea groups is 1. The Bertz CT molecular complexity index is 1200. The number of nitrogens with two attached hydrogens (primary N) is 1. The van der Waals surface area contributed by atoms with E-state index in [4.69, 9.17) is 22.1 Å². The zero-order valence-corrected chi connectivity index (χ0v) is 19.8. The van der Waals surface area contributed by atoms with Gasteiger partial charge in [-0.15, -0.1) is 0 Å². The lowest BCUT2D eigenvalue weighted by atomic mass is 10.1. The van der Waals surface area contributed by atoms with Gasteiger partial charge in [-0.1, -0.05) is 23.7 Å². The fourth-order valence-corrected chi connectivity index (χ4v) is 3.57. The summed E-state index contributed by atoms with van der Waals surface area (Å²) in [5, 5.41) is 6.42. The first-order valence-corrected chi connectivity index (χ1v) is 11.3. The van der Waals surface area contributed by atoms with Crippen LogP contribution in [0.4, 0.5) is 24.2 Å². The molecule has 0 saturated heterocycles. The van der Waals surface area contributed by atoms with Crippen molar-refractivity contribution in [3.63, 3.8) is 0 Å². The van der Waals surface area contributed by atoms with E-state index in [1.165, 1.54) is 41.4 Å². The molecule has 0 radical (unpaired) electrons.